The Morgan fingerprint density at radius 2 is 1.53 bits per heavy atom. The van der Waals surface area contributed by atoms with Crippen LogP contribution in [-0.4, -0.2) is 149 Å². The first kappa shape index (κ1) is 53.8. The normalized spacial score (nSPS) is 19.3. The summed E-state index contributed by atoms with van der Waals surface area (Å²) in [5.41, 5.74) is -0.688. The number of unbranched alkanes of at least 4 members (excludes halogenated alkanes) is 2. The van der Waals surface area contributed by atoms with E-state index in [0.717, 1.165) is 11.3 Å². The molecule has 16 nitrogen and oxygen atoms in total. The number of aliphatic hydroxyl groups is 1. The highest BCUT2D eigenvalue weighted by molar-refractivity contribution is 6.12. The molecule has 1 fully saturated rings. The summed E-state index contributed by atoms with van der Waals surface area (Å²) >= 11 is 0. The molecule has 1 aromatic carbocycles. The Bertz CT molecular complexity index is 1770. The van der Waals surface area contributed by atoms with Crippen LogP contribution in [0.2, 0.25) is 0 Å². The molecule has 0 unspecified atom stereocenters. The molecule has 2 aliphatic heterocycles. The highest BCUT2D eigenvalue weighted by atomic mass is 16.5. The first-order valence-electron chi connectivity index (χ1n) is 22.9. The smallest absolute Gasteiger partial charge is 0.253 e. The van der Waals surface area contributed by atoms with Gasteiger partial charge in [0.2, 0.25) is 23.6 Å². The third kappa shape index (κ3) is 13.5. The van der Waals surface area contributed by atoms with Crippen molar-refractivity contribution in [3.63, 3.8) is 0 Å². The molecule has 9 atom stereocenters. The Morgan fingerprint density at radius 1 is 0.906 bits per heavy atom. The second-order valence-corrected chi connectivity index (χ2v) is 18.4. The number of carbonyl (C=O) groups excluding carboxylic acids is 7. The number of ether oxygens (including phenoxy) is 2. The summed E-state index contributed by atoms with van der Waals surface area (Å²) in [6, 6.07) is 6.94. The predicted octanol–water partition coefficient (Wildman–Crippen LogP) is 4.01. The van der Waals surface area contributed by atoms with Crippen LogP contribution >= 0.6 is 0 Å². The molecule has 0 aromatic heterocycles. The standard InChI is InChI=1S/C48H76N6O10/c1-13-31(4)42(36(63-11)29-40(58)53-28-20-23-35(53)44(64-12)32(5)45(60)49-33(6)43(59)34-21-16-14-17-22-34)51(9)41(30(2)3)46(61)50-47(62)48(7,8)52(10)37(55)24-18-15-19-27-54-38(56)25-26-39(54)57/h14,16-17,21-22,25-26,30-33,35-36,41-44,59H,13,15,18-20,23-24,27-29H2,1-12H3,(H,49,60)(H,50,61,62)/t31-,32+,33+,35-,36+,41-,42-,43+,44+/m0/s1. The van der Waals surface area contributed by atoms with Gasteiger partial charge in [0, 0.05) is 59.0 Å². The van der Waals surface area contributed by atoms with Crippen molar-refractivity contribution in [3.05, 3.63) is 48.0 Å². The topological polar surface area (TPSA) is 195 Å². The molecule has 1 aromatic rings. The van der Waals surface area contributed by atoms with Crippen LogP contribution in [0.15, 0.2) is 42.5 Å². The van der Waals surface area contributed by atoms with Gasteiger partial charge in [-0.2, -0.15) is 0 Å². The van der Waals surface area contributed by atoms with E-state index in [1.54, 1.807) is 51.8 Å². The van der Waals surface area contributed by atoms with Crippen molar-refractivity contribution in [2.24, 2.45) is 17.8 Å². The number of aliphatic hydroxyl groups excluding tert-OH is 1. The van der Waals surface area contributed by atoms with Gasteiger partial charge in [0.25, 0.3) is 17.7 Å². The van der Waals surface area contributed by atoms with E-state index in [2.05, 4.69) is 10.6 Å². The monoisotopic (exact) mass is 897 g/mol. The number of hydrogen-bond donors (Lipinski definition) is 3. The fraction of sp³-hybridized carbons (Fsp3) is 0.688. The SMILES string of the molecule is CC[C@H](C)[C@@H]([C@@H](CC(=O)N1CCC[C@H]1[C@H](OC)[C@@H](C)C(=O)N[C@H](C)[C@@H](O)c1ccccc1)OC)N(C)[C@H](C(=O)NC(=O)C(C)(C)N(C)C(=O)CCCCCN1C(=O)C=CC1=O)C(C)C. The van der Waals surface area contributed by atoms with Gasteiger partial charge in [0.15, 0.2) is 0 Å². The molecule has 358 valence electrons. The summed E-state index contributed by atoms with van der Waals surface area (Å²) in [6.07, 6.45) is 4.17. The number of hydrogen-bond acceptors (Lipinski definition) is 11. The quantitative estimate of drug-likeness (QED) is 0.0949. The zero-order valence-electron chi connectivity index (χ0n) is 40.3. The lowest BCUT2D eigenvalue weighted by atomic mass is 9.87. The van der Waals surface area contributed by atoms with Gasteiger partial charge in [-0.25, -0.2) is 0 Å². The molecule has 3 N–H and O–H groups in total. The van der Waals surface area contributed by atoms with Crippen molar-refractivity contribution in [2.45, 2.75) is 155 Å². The van der Waals surface area contributed by atoms with Crippen LogP contribution in [0.5, 0.6) is 0 Å². The number of nitrogens with one attached hydrogen (secondary N) is 2. The number of nitrogens with zero attached hydrogens (tertiary/aromatic N) is 4. The minimum atomic E-state index is -1.38. The summed E-state index contributed by atoms with van der Waals surface area (Å²) < 4.78 is 12.0. The number of rotatable bonds is 25. The molecule has 3 rings (SSSR count). The Labute approximate surface area is 380 Å². The largest absolute Gasteiger partial charge is 0.386 e. The van der Waals surface area contributed by atoms with E-state index >= 15 is 0 Å². The zero-order chi connectivity index (χ0) is 48.1. The lowest BCUT2D eigenvalue weighted by Crippen LogP contribution is -2.62. The highest BCUT2D eigenvalue weighted by Crippen LogP contribution is 2.31. The summed E-state index contributed by atoms with van der Waals surface area (Å²) in [4.78, 5) is 98.9. The molecule has 1 saturated heterocycles. The minimum Gasteiger partial charge on any atom is -0.386 e. The van der Waals surface area contributed by atoms with Gasteiger partial charge >= 0.3 is 0 Å². The van der Waals surface area contributed by atoms with E-state index in [1.807, 2.05) is 57.8 Å². The van der Waals surface area contributed by atoms with Gasteiger partial charge in [0.1, 0.15) is 5.54 Å². The summed E-state index contributed by atoms with van der Waals surface area (Å²) in [5.74, 6) is -3.55. The maximum atomic E-state index is 14.3. The van der Waals surface area contributed by atoms with Gasteiger partial charge in [-0.15, -0.1) is 0 Å². The fourth-order valence-electron chi connectivity index (χ4n) is 9.05. The van der Waals surface area contributed by atoms with Crippen molar-refractivity contribution in [3.8, 4) is 0 Å². The maximum Gasteiger partial charge on any atom is 0.253 e. The van der Waals surface area contributed by atoms with Crippen LogP contribution in [-0.2, 0) is 43.0 Å². The Kier molecular flexibility index (Phi) is 20.8. The van der Waals surface area contributed by atoms with E-state index in [4.69, 9.17) is 9.47 Å². The van der Waals surface area contributed by atoms with Crippen molar-refractivity contribution in [2.75, 3.05) is 41.4 Å². The van der Waals surface area contributed by atoms with E-state index < -0.39 is 59.7 Å². The van der Waals surface area contributed by atoms with Crippen LogP contribution in [0.3, 0.4) is 0 Å². The molecule has 0 aliphatic carbocycles. The molecule has 0 saturated carbocycles. The van der Waals surface area contributed by atoms with E-state index in [-0.39, 0.29) is 66.8 Å². The van der Waals surface area contributed by atoms with Gasteiger partial charge in [-0.1, -0.05) is 77.8 Å². The molecular weight excluding hydrogens is 821 g/mol. The first-order chi connectivity index (χ1) is 30.1. The van der Waals surface area contributed by atoms with E-state index in [0.29, 0.717) is 44.2 Å². The van der Waals surface area contributed by atoms with Crippen LogP contribution < -0.4 is 10.6 Å². The second-order valence-electron chi connectivity index (χ2n) is 18.4. The third-order valence-corrected chi connectivity index (χ3v) is 13.4. The number of likely N-dealkylation sites (tertiary alicyclic amines) is 1. The summed E-state index contributed by atoms with van der Waals surface area (Å²) in [7, 11) is 6.42. The van der Waals surface area contributed by atoms with Crippen molar-refractivity contribution in [1.29, 1.82) is 0 Å². The van der Waals surface area contributed by atoms with E-state index in [9.17, 15) is 38.7 Å². The van der Waals surface area contributed by atoms with Gasteiger partial charge in [-0.3, -0.25) is 48.7 Å². The minimum absolute atomic E-state index is 0.000669. The van der Waals surface area contributed by atoms with Crippen molar-refractivity contribution >= 4 is 41.4 Å². The molecule has 0 spiro atoms. The number of carbonyl (C=O) groups is 7. The molecule has 16 heteroatoms. The number of methoxy groups -OCH3 is 2. The lowest BCUT2D eigenvalue weighted by Gasteiger charge is -2.43. The Balaban J connectivity index is 1.68. The molecule has 0 bridgehead atoms. The zero-order valence-corrected chi connectivity index (χ0v) is 40.3. The van der Waals surface area contributed by atoms with Crippen molar-refractivity contribution in [1.82, 2.24) is 30.2 Å². The van der Waals surface area contributed by atoms with Gasteiger partial charge < -0.3 is 29.7 Å². The predicted molar refractivity (Wildman–Crippen MR) is 243 cm³/mol. The van der Waals surface area contributed by atoms with Crippen molar-refractivity contribution < 1.29 is 48.1 Å². The molecule has 2 aliphatic rings. The third-order valence-electron chi connectivity index (χ3n) is 13.4. The van der Waals surface area contributed by atoms with Crippen LogP contribution in [0.25, 0.3) is 0 Å². The molecule has 64 heavy (non-hydrogen) atoms. The average molecular weight is 897 g/mol. The first-order valence-corrected chi connectivity index (χ1v) is 22.9. The molecule has 2 heterocycles. The van der Waals surface area contributed by atoms with Gasteiger partial charge in [-0.05, 0) is 70.9 Å². The maximum absolute atomic E-state index is 14.3. The van der Waals surface area contributed by atoms with Crippen LogP contribution in [0, 0.1) is 17.8 Å². The number of likely N-dealkylation sites (N-methyl/N-ethyl adjacent to an activating group) is 2. The van der Waals surface area contributed by atoms with E-state index in [1.165, 1.54) is 31.2 Å². The lowest BCUT2D eigenvalue weighted by molar-refractivity contribution is -0.148. The van der Waals surface area contributed by atoms with Crippen LogP contribution in [0.1, 0.15) is 118 Å². The number of benzene rings is 1. The summed E-state index contributed by atoms with van der Waals surface area (Å²) in [5, 5.41) is 16.4. The average Bonchev–Trinajstić information content (AvgIpc) is 3.88. The molecule has 0 radical (unpaired) electrons. The fourth-order valence-corrected chi connectivity index (χ4v) is 9.05. The Hall–Kier alpha value is -4.51. The summed E-state index contributed by atoms with van der Waals surface area (Å²) in [6.45, 7) is 15.3. The molecule has 7 amide bonds. The number of imide groups is 2. The Morgan fingerprint density at radius 3 is 2.09 bits per heavy atom. The highest BCUT2D eigenvalue weighted by Gasteiger charge is 2.44. The van der Waals surface area contributed by atoms with Gasteiger partial charge in [0.05, 0.1) is 48.8 Å². The second kappa shape index (κ2) is 24.7. The van der Waals surface area contributed by atoms with Crippen LogP contribution in [0.4, 0.5) is 0 Å². The molecular formula is C48H76N6O10. The number of amides is 7.